The van der Waals surface area contributed by atoms with Crippen molar-refractivity contribution in [1.29, 1.82) is 0 Å². The van der Waals surface area contributed by atoms with Gasteiger partial charge in [-0.1, -0.05) is 200 Å². The van der Waals surface area contributed by atoms with E-state index in [4.69, 9.17) is 0 Å². The Labute approximate surface area is 317 Å². The molecule has 3 atom stereocenters. The minimum absolute atomic E-state index is 0.272. The monoisotopic (exact) mass is 689 g/mol. The molecule has 4 aliphatic rings. The maximum Gasteiger partial charge on any atom is 0.0720 e. The largest absolute Gasteiger partial charge is 0.306 e. The lowest BCUT2D eigenvalue weighted by Crippen LogP contribution is -2.44. The van der Waals surface area contributed by atoms with E-state index in [0.717, 1.165) is 13.0 Å². The normalized spacial score (nSPS) is 21.6. The fraction of sp³-hybridized carbons (Fsp3) is 0.0943. The molecular weight excluding hydrogens is 651 g/mol. The Kier molecular flexibility index (Phi) is 7.02. The van der Waals surface area contributed by atoms with E-state index in [1.807, 2.05) is 0 Å². The molecule has 54 heavy (non-hydrogen) atoms. The predicted molar refractivity (Wildman–Crippen MR) is 223 cm³/mol. The molecule has 7 aromatic rings. The lowest BCUT2D eigenvalue weighted by atomic mass is 9.51. The number of hydrogen-bond acceptors (Lipinski definition) is 1. The van der Waals surface area contributed by atoms with Gasteiger partial charge in [-0.05, 0) is 96.4 Å². The van der Waals surface area contributed by atoms with Crippen molar-refractivity contribution in [2.75, 3.05) is 6.54 Å². The second kappa shape index (κ2) is 12.1. The molecule has 11 rings (SSSR count). The van der Waals surface area contributed by atoms with Crippen LogP contribution < -0.4 is 5.32 Å². The summed E-state index contributed by atoms with van der Waals surface area (Å²) in [6, 6.07) is 66.7. The molecule has 0 spiro atoms. The fourth-order valence-electron chi connectivity index (χ4n) is 10.4. The molecule has 3 aliphatic carbocycles. The van der Waals surface area contributed by atoms with Gasteiger partial charge in [-0.2, -0.15) is 0 Å². The highest BCUT2D eigenvalue weighted by Gasteiger charge is 2.57. The molecule has 1 aliphatic heterocycles. The van der Waals surface area contributed by atoms with Crippen LogP contribution in [0.1, 0.15) is 56.5 Å². The number of hydrogen-bond donors (Lipinski definition) is 1. The minimum Gasteiger partial charge on any atom is -0.306 e. The first-order chi connectivity index (χ1) is 26.8. The van der Waals surface area contributed by atoms with Crippen LogP contribution in [0.25, 0.3) is 27.8 Å². The van der Waals surface area contributed by atoms with E-state index >= 15 is 0 Å². The van der Waals surface area contributed by atoms with Gasteiger partial charge in [-0.3, -0.25) is 0 Å². The Morgan fingerprint density at radius 3 is 1.70 bits per heavy atom. The molecule has 0 amide bonds. The maximum atomic E-state index is 3.72. The smallest absolute Gasteiger partial charge is 0.0720 e. The molecule has 1 heterocycles. The van der Waals surface area contributed by atoms with Gasteiger partial charge in [0.05, 0.1) is 16.9 Å². The van der Waals surface area contributed by atoms with Crippen LogP contribution >= 0.6 is 0 Å². The first-order valence-electron chi connectivity index (χ1n) is 19.3. The molecule has 0 fully saturated rings. The molecule has 0 saturated heterocycles. The molecule has 0 radical (unpaired) electrons. The molecule has 1 N–H and O–H groups in total. The van der Waals surface area contributed by atoms with Crippen LogP contribution in [-0.4, -0.2) is 12.6 Å². The first kappa shape index (κ1) is 31.3. The summed E-state index contributed by atoms with van der Waals surface area (Å²) >= 11 is 0. The zero-order valence-electron chi connectivity index (χ0n) is 30.0. The van der Waals surface area contributed by atoms with Crippen LogP contribution in [0.3, 0.4) is 0 Å². The molecular formula is C53H39N. The Morgan fingerprint density at radius 1 is 0.444 bits per heavy atom. The van der Waals surface area contributed by atoms with E-state index in [2.05, 4.69) is 206 Å². The third-order valence-electron chi connectivity index (χ3n) is 12.6. The highest BCUT2D eigenvalue weighted by atomic mass is 14.9. The Bertz CT molecular complexity index is 2660. The van der Waals surface area contributed by atoms with E-state index in [1.165, 1.54) is 83.5 Å². The summed E-state index contributed by atoms with van der Waals surface area (Å²) in [6.45, 7) is 1.02. The lowest BCUT2D eigenvalue weighted by molar-refractivity contribution is 0.627. The van der Waals surface area contributed by atoms with Gasteiger partial charge in [-0.15, -0.1) is 0 Å². The van der Waals surface area contributed by atoms with Gasteiger partial charge in [-0.25, -0.2) is 0 Å². The molecule has 0 bridgehead atoms. The standard InChI is InChI=1S/C53H39N/c1-3-16-40(17-4-1)52(42-33-31-37(32-34-42)36-27-29-38(30-28-36)43-21-11-14-39-15-13-35-54-51(39)43)47-24-9-10-25-48(47)53(41-18-5-2-6-19-41)46-23-8-7-20-44(46)45-22-12-26-49(52)50(45)53/h1-12,14-34,51,54H,13,35H2. The van der Waals surface area contributed by atoms with Gasteiger partial charge in [0.2, 0.25) is 0 Å². The summed E-state index contributed by atoms with van der Waals surface area (Å²) in [5.74, 6) is 0. The van der Waals surface area contributed by atoms with Gasteiger partial charge < -0.3 is 5.32 Å². The van der Waals surface area contributed by atoms with Gasteiger partial charge in [0.25, 0.3) is 0 Å². The average molecular weight is 690 g/mol. The van der Waals surface area contributed by atoms with E-state index in [0.29, 0.717) is 0 Å². The highest BCUT2D eigenvalue weighted by molar-refractivity contribution is 5.92. The highest BCUT2D eigenvalue weighted by Crippen LogP contribution is 2.65. The van der Waals surface area contributed by atoms with Crippen LogP contribution in [0.15, 0.2) is 206 Å². The second-order valence-corrected chi connectivity index (χ2v) is 15.1. The van der Waals surface area contributed by atoms with Gasteiger partial charge in [0, 0.05) is 0 Å². The Hall–Kier alpha value is -6.28. The molecule has 1 nitrogen and oxygen atoms in total. The molecule has 7 aromatic carbocycles. The fourth-order valence-corrected chi connectivity index (χ4v) is 10.4. The van der Waals surface area contributed by atoms with Gasteiger partial charge in [0.15, 0.2) is 0 Å². The number of fused-ring (bicyclic) bond motifs is 6. The predicted octanol–water partition coefficient (Wildman–Crippen LogP) is 11.7. The summed E-state index contributed by atoms with van der Waals surface area (Å²) < 4.78 is 0. The molecule has 1 heteroatoms. The van der Waals surface area contributed by atoms with Crippen LogP contribution in [0.4, 0.5) is 0 Å². The number of rotatable bonds is 5. The van der Waals surface area contributed by atoms with Crippen molar-refractivity contribution in [3.05, 3.63) is 256 Å². The van der Waals surface area contributed by atoms with Crippen LogP contribution in [0, 0.1) is 0 Å². The van der Waals surface area contributed by atoms with Crippen LogP contribution in [0.2, 0.25) is 0 Å². The molecule has 0 aromatic heterocycles. The van der Waals surface area contributed by atoms with Crippen molar-refractivity contribution >= 4 is 5.57 Å². The lowest BCUT2D eigenvalue weighted by Gasteiger charge is -2.49. The van der Waals surface area contributed by atoms with Gasteiger partial charge in [0.1, 0.15) is 0 Å². The molecule has 3 unspecified atom stereocenters. The van der Waals surface area contributed by atoms with Crippen molar-refractivity contribution in [3.8, 4) is 22.3 Å². The summed E-state index contributed by atoms with van der Waals surface area (Å²) in [7, 11) is 0. The zero-order valence-corrected chi connectivity index (χ0v) is 30.0. The summed E-state index contributed by atoms with van der Waals surface area (Å²) in [5, 5.41) is 3.72. The quantitative estimate of drug-likeness (QED) is 0.190. The van der Waals surface area contributed by atoms with Crippen molar-refractivity contribution in [3.63, 3.8) is 0 Å². The van der Waals surface area contributed by atoms with E-state index in [-0.39, 0.29) is 6.04 Å². The topological polar surface area (TPSA) is 12.0 Å². The zero-order chi connectivity index (χ0) is 35.7. The minimum atomic E-state index is -0.537. The van der Waals surface area contributed by atoms with E-state index < -0.39 is 10.8 Å². The molecule has 256 valence electrons. The van der Waals surface area contributed by atoms with Crippen molar-refractivity contribution in [2.24, 2.45) is 0 Å². The number of allylic oxidation sites excluding steroid dienone is 2. The Balaban J connectivity index is 1.11. The van der Waals surface area contributed by atoms with Crippen LogP contribution in [-0.2, 0) is 10.8 Å². The number of nitrogens with one attached hydrogen (secondary N) is 1. The molecule has 0 saturated carbocycles. The summed E-state index contributed by atoms with van der Waals surface area (Å²) in [6.07, 6.45) is 10.2. The van der Waals surface area contributed by atoms with Crippen molar-refractivity contribution in [1.82, 2.24) is 5.32 Å². The van der Waals surface area contributed by atoms with Crippen molar-refractivity contribution < 1.29 is 0 Å². The summed E-state index contributed by atoms with van der Waals surface area (Å²) in [4.78, 5) is 0. The van der Waals surface area contributed by atoms with E-state index in [9.17, 15) is 0 Å². The average Bonchev–Trinajstić information content (AvgIpc) is 3.57. The first-order valence-corrected chi connectivity index (χ1v) is 19.3. The third kappa shape index (κ3) is 4.25. The van der Waals surface area contributed by atoms with Gasteiger partial charge >= 0.3 is 0 Å². The maximum absolute atomic E-state index is 3.72. The Morgan fingerprint density at radius 2 is 0.981 bits per heavy atom. The van der Waals surface area contributed by atoms with E-state index in [1.54, 1.807) is 0 Å². The third-order valence-corrected chi connectivity index (χ3v) is 12.6. The second-order valence-electron chi connectivity index (χ2n) is 15.1. The summed E-state index contributed by atoms with van der Waals surface area (Å²) in [5.41, 5.74) is 18.8. The van der Waals surface area contributed by atoms with Crippen molar-refractivity contribution in [2.45, 2.75) is 23.3 Å². The number of benzene rings is 7. The SMILES string of the molecule is C1=CC2=CCCNC2C(c2ccc(-c3ccc(C4(c5ccccc5)c5ccccc5C5(c6ccccc6)c6ccccc6-c6cccc4c65)cc3)cc2)=C1. The van der Waals surface area contributed by atoms with Crippen LogP contribution in [0.5, 0.6) is 0 Å².